The number of likely N-dealkylation sites (N-methyl/N-ethyl adjacent to an activating group) is 1. The van der Waals surface area contributed by atoms with Crippen LogP contribution in [0.25, 0.3) is 0 Å². The summed E-state index contributed by atoms with van der Waals surface area (Å²) < 4.78 is 0. The third-order valence-corrected chi connectivity index (χ3v) is 2.99. The molecule has 0 fully saturated rings. The summed E-state index contributed by atoms with van der Waals surface area (Å²) >= 11 is 0. The van der Waals surface area contributed by atoms with Crippen LogP contribution in [-0.2, 0) is 6.54 Å². The van der Waals surface area contributed by atoms with E-state index in [1.165, 1.54) is 12.1 Å². The normalized spacial score (nSPS) is 11.8. The quantitative estimate of drug-likeness (QED) is 0.627. The van der Waals surface area contributed by atoms with Crippen molar-refractivity contribution < 1.29 is 10.0 Å². The Morgan fingerprint density at radius 2 is 1.88 bits per heavy atom. The zero-order valence-corrected chi connectivity index (χ0v) is 10.4. The molecule has 1 aromatic carbocycles. The Balaban J connectivity index is 2.73. The maximum absolute atomic E-state index is 10.5. The molecule has 0 radical (unpaired) electrons. The monoisotopic (exact) mass is 238 g/mol. The third kappa shape index (κ3) is 3.51. The number of aliphatic hydroxyl groups is 1. The van der Waals surface area contributed by atoms with Crippen LogP contribution in [0.4, 0.5) is 5.69 Å². The fourth-order valence-electron chi connectivity index (χ4n) is 1.33. The van der Waals surface area contributed by atoms with E-state index in [0.717, 1.165) is 5.56 Å². The second-order valence-electron chi connectivity index (χ2n) is 4.75. The van der Waals surface area contributed by atoms with Gasteiger partial charge in [-0.15, -0.1) is 0 Å². The summed E-state index contributed by atoms with van der Waals surface area (Å²) in [5, 5.41) is 19.7. The third-order valence-electron chi connectivity index (χ3n) is 2.99. The van der Waals surface area contributed by atoms with Gasteiger partial charge in [-0.3, -0.25) is 15.0 Å². The zero-order chi connectivity index (χ0) is 13.1. The molecule has 5 nitrogen and oxygen atoms in total. The lowest BCUT2D eigenvalue weighted by molar-refractivity contribution is -0.384. The molecule has 0 heterocycles. The van der Waals surface area contributed by atoms with Crippen molar-refractivity contribution in [2.45, 2.75) is 25.9 Å². The number of rotatable bonds is 5. The predicted octanol–water partition coefficient (Wildman–Crippen LogP) is 1.80. The van der Waals surface area contributed by atoms with Gasteiger partial charge in [-0.2, -0.15) is 0 Å². The molecule has 94 valence electrons. The molecule has 0 aliphatic carbocycles. The van der Waals surface area contributed by atoms with Crippen LogP contribution in [0.2, 0.25) is 0 Å². The first-order chi connectivity index (χ1) is 7.86. The van der Waals surface area contributed by atoms with Crippen LogP contribution in [0.1, 0.15) is 19.4 Å². The molecular weight excluding hydrogens is 220 g/mol. The molecule has 17 heavy (non-hydrogen) atoms. The van der Waals surface area contributed by atoms with Crippen molar-refractivity contribution in [2.24, 2.45) is 0 Å². The number of nitro benzene ring substituents is 1. The fraction of sp³-hybridized carbons (Fsp3) is 0.500. The van der Waals surface area contributed by atoms with Gasteiger partial charge in [0.25, 0.3) is 5.69 Å². The lowest BCUT2D eigenvalue weighted by atomic mass is 10.0. The smallest absolute Gasteiger partial charge is 0.269 e. The lowest BCUT2D eigenvalue weighted by Gasteiger charge is -2.33. The van der Waals surface area contributed by atoms with Crippen LogP contribution in [0, 0.1) is 10.1 Å². The highest BCUT2D eigenvalue weighted by molar-refractivity contribution is 5.32. The van der Waals surface area contributed by atoms with E-state index in [2.05, 4.69) is 0 Å². The summed E-state index contributed by atoms with van der Waals surface area (Å²) in [4.78, 5) is 12.1. The number of aliphatic hydroxyl groups excluding tert-OH is 1. The van der Waals surface area contributed by atoms with Gasteiger partial charge >= 0.3 is 0 Å². The number of nitro groups is 1. The van der Waals surface area contributed by atoms with Crippen molar-refractivity contribution in [3.8, 4) is 0 Å². The predicted molar refractivity (Wildman–Crippen MR) is 65.7 cm³/mol. The van der Waals surface area contributed by atoms with Gasteiger partial charge in [0.15, 0.2) is 0 Å². The Bertz CT molecular complexity index is 387. The summed E-state index contributed by atoms with van der Waals surface area (Å²) in [6, 6.07) is 6.47. The highest BCUT2D eigenvalue weighted by Gasteiger charge is 2.22. The van der Waals surface area contributed by atoms with E-state index in [0.29, 0.717) is 6.54 Å². The van der Waals surface area contributed by atoms with Gasteiger partial charge in [0.1, 0.15) is 0 Å². The Morgan fingerprint density at radius 1 is 1.35 bits per heavy atom. The van der Waals surface area contributed by atoms with Crippen LogP contribution in [-0.4, -0.2) is 34.1 Å². The topological polar surface area (TPSA) is 66.6 Å². The van der Waals surface area contributed by atoms with Crippen molar-refractivity contribution in [2.75, 3.05) is 13.7 Å². The van der Waals surface area contributed by atoms with Crippen molar-refractivity contribution in [3.63, 3.8) is 0 Å². The van der Waals surface area contributed by atoms with E-state index in [1.807, 2.05) is 25.8 Å². The van der Waals surface area contributed by atoms with Crippen LogP contribution >= 0.6 is 0 Å². The number of benzene rings is 1. The number of nitrogens with zero attached hydrogens (tertiary/aromatic N) is 2. The second kappa shape index (κ2) is 5.25. The standard InChI is InChI=1S/C12H18N2O3/c1-12(2,9-15)13(3)8-10-4-6-11(7-5-10)14(16)17/h4-7,15H,8-9H2,1-3H3. The second-order valence-corrected chi connectivity index (χ2v) is 4.75. The SMILES string of the molecule is CN(Cc1ccc([N+](=O)[O-])cc1)C(C)(C)CO. The molecule has 5 heteroatoms. The van der Waals surface area contributed by atoms with Gasteiger partial charge in [-0.05, 0) is 26.5 Å². The first kappa shape index (κ1) is 13.6. The Labute approximate surface area is 101 Å². The first-order valence-electron chi connectivity index (χ1n) is 5.42. The van der Waals surface area contributed by atoms with Crippen molar-refractivity contribution in [1.82, 2.24) is 4.90 Å². The lowest BCUT2D eigenvalue weighted by Crippen LogP contribution is -2.43. The molecule has 0 bridgehead atoms. The summed E-state index contributed by atoms with van der Waals surface area (Å²) in [6.45, 7) is 4.60. The number of non-ortho nitro benzene ring substituents is 1. The number of hydrogen-bond donors (Lipinski definition) is 1. The minimum atomic E-state index is -0.412. The molecule has 0 unspecified atom stereocenters. The van der Waals surface area contributed by atoms with Gasteiger partial charge in [-0.1, -0.05) is 12.1 Å². The molecule has 0 saturated carbocycles. The summed E-state index contributed by atoms with van der Waals surface area (Å²) in [7, 11) is 1.91. The molecule has 1 aromatic rings. The van der Waals surface area contributed by atoms with Crippen molar-refractivity contribution in [3.05, 3.63) is 39.9 Å². The summed E-state index contributed by atoms with van der Waals surface area (Å²) in [5.74, 6) is 0. The average molecular weight is 238 g/mol. The van der Waals surface area contributed by atoms with Crippen LogP contribution in [0.3, 0.4) is 0 Å². The molecule has 1 rings (SSSR count). The van der Waals surface area contributed by atoms with Gasteiger partial charge in [-0.25, -0.2) is 0 Å². The van der Waals surface area contributed by atoms with Crippen LogP contribution in [0.15, 0.2) is 24.3 Å². The molecule has 0 atom stereocenters. The Morgan fingerprint density at radius 3 is 2.29 bits per heavy atom. The molecule has 0 aromatic heterocycles. The van der Waals surface area contributed by atoms with E-state index in [1.54, 1.807) is 12.1 Å². The highest BCUT2D eigenvalue weighted by Crippen LogP contribution is 2.17. The zero-order valence-electron chi connectivity index (χ0n) is 10.4. The van der Waals surface area contributed by atoms with E-state index in [4.69, 9.17) is 0 Å². The molecule has 0 amide bonds. The first-order valence-corrected chi connectivity index (χ1v) is 5.42. The minimum Gasteiger partial charge on any atom is -0.394 e. The largest absolute Gasteiger partial charge is 0.394 e. The van der Waals surface area contributed by atoms with Gasteiger partial charge in [0.05, 0.1) is 11.5 Å². The molecular formula is C12H18N2O3. The van der Waals surface area contributed by atoms with Crippen LogP contribution in [0.5, 0.6) is 0 Å². The summed E-state index contributed by atoms with van der Waals surface area (Å²) in [6.07, 6.45) is 0. The summed E-state index contributed by atoms with van der Waals surface area (Å²) in [5.41, 5.74) is 0.777. The maximum Gasteiger partial charge on any atom is 0.269 e. The van der Waals surface area contributed by atoms with E-state index >= 15 is 0 Å². The fourth-order valence-corrected chi connectivity index (χ4v) is 1.33. The minimum absolute atomic E-state index is 0.0660. The Kier molecular flexibility index (Phi) is 4.20. The Hall–Kier alpha value is -1.46. The van der Waals surface area contributed by atoms with Crippen molar-refractivity contribution in [1.29, 1.82) is 0 Å². The molecule has 0 aliphatic heterocycles. The molecule has 0 saturated heterocycles. The van der Waals surface area contributed by atoms with E-state index in [-0.39, 0.29) is 17.8 Å². The maximum atomic E-state index is 10.5. The van der Waals surface area contributed by atoms with Crippen LogP contribution < -0.4 is 0 Å². The van der Waals surface area contributed by atoms with Crippen molar-refractivity contribution >= 4 is 5.69 Å². The average Bonchev–Trinajstić information content (AvgIpc) is 2.29. The molecule has 0 aliphatic rings. The van der Waals surface area contributed by atoms with E-state index < -0.39 is 4.92 Å². The molecule has 1 N–H and O–H groups in total. The van der Waals surface area contributed by atoms with E-state index in [9.17, 15) is 15.2 Å². The van der Waals surface area contributed by atoms with Gasteiger partial charge < -0.3 is 5.11 Å². The van der Waals surface area contributed by atoms with Gasteiger partial charge in [0, 0.05) is 24.2 Å². The molecule has 0 spiro atoms. The van der Waals surface area contributed by atoms with Gasteiger partial charge in [0.2, 0.25) is 0 Å². The number of hydrogen-bond acceptors (Lipinski definition) is 4. The highest BCUT2D eigenvalue weighted by atomic mass is 16.6.